The molecule has 0 spiro atoms. The van der Waals surface area contributed by atoms with E-state index in [0.717, 1.165) is 18.4 Å². The number of aliphatic hydroxyl groups is 1. The van der Waals surface area contributed by atoms with Gasteiger partial charge in [0.1, 0.15) is 0 Å². The van der Waals surface area contributed by atoms with Crippen LogP contribution < -0.4 is 5.32 Å². The maximum atomic E-state index is 12.2. The second-order valence-corrected chi connectivity index (χ2v) is 5.83. The molecular weight excluding hydrogens is 266 g/mol. The van der Waals surface area contributed by atoms with Gasteiger partial charge in [0.25, 0.3) is 5.91 Å². The van der Waals surface area contributed by atoms with Crippen molar-refractivity contribution in [2.45, 2.75) is 32.3 Å². The van der Waals surface area contributed by atoms with Crippen molar-refractivity contribution in [2.24, 2.45) is 11.8 Å². The number of hydrogen-bond donors (Lipinski definition) is 2. The van der Waals surface area contributed by atoms with Crippen molar-refractivity contribution in [3.05, 3.63) is 35.4 Å². The van der Waals surface area contributed by atoms with Gasteiger partial charge in [0, 0.05) is 25.8 Å². The van der Waals surface area contributed by atoms with Crippen molar-refractivity contribution in [1.82, 2.24) is 5.32 Å². The van der Waals surface area contributed by atoms with Crippen molar-refractivity contribution in [3.8, 4) is 0 Å². The van der Waals surface area contributed by atoms with Gasteiger partial charge in [-0.2, -0.15) is 0 Å². The largest absolute Gasteiger partial charge is 0.396 e. The lowest BCUT2D eigenvalue weighted by molar-refractivity contribution is 0.0909. The fourth-order valence-corrected chi connectivity index (χ4v) is 3.09. The van der Waals surface area contributed by atoms with Gasteiger partial charge in [-0.25, -0.2) is 0 Å². The molecule has 1 aromatic rings. The molecule has 2 rings (SSSR count). The molecule has 2 atom stereocenters. The second-order valence-electron chi connectivity index (χ2n) is 5.83. The molecular formula is C17H25NO3. The highest BCUT2D eigenvalue weighted by atomic mass is 16.5. The van der Waals surface area contributed by atoms with Crippen molar-refractivity contribution in [3.63, 3.8) is 0 Å². The normalized spacial score (nSPS) is 22.0. The van der Waals surface area contributed by atoms with Gasteiger partial charge in [-0.15, -0.1) is 0 Å². The Morgan fingerprint density at radius 2 is 2.10 bits per heavy atom. The summed E-state index contributed by atoms with van der Waals surface area (Å²) in [5.41, 5.74) is 1.66. The third-order valence-electron chi connectivity index (χ3n) is 4.33. The molecule has 1 aliphatic carbocycles. The summed E-state index contributed by atoms with van der Waals surface area (Å²) in [5, 5.41) is 12.4. The van der Waals surface area contributed by atoms with Crippen LogP contribution in [0.2, 0.25) is 0 Å². The number of methoxy groups -OCH3 is 1. The zero-order valence-electron chi connectivity index (χ0n) is 12.7. The van der Waals surface area contributed by atoms with E-state index in [-0.39, 0.29) is 12.5 Å². The van der Waals surface area contributed by atoms with Gasteiger partial charge in [-0.1, -0.05) is 25.0 Å². The highest BCUT2D eigenvalue weighted by molar-refractivity contribution is 5.94. The summed E-state index contributed by atoms with van der Waals surface area (Å²) >= 11 is 0. The van der Waals surface area contributed by atoms with Crippen LogP contribution in [0.25, 0.3) is 0 Å². The number of benzene rings is 1. The molecule has 0 bridgehead atoms. The van der Waals surface area contributed by atoms with E-state index in [1.165, 1.54) is 12.8 Å². The summed E-state index contributed by atoms with van der Waals surface area (Å²) in [6.45, 7) is 1.39. The number of nitrogens with one attached hydrogen (secondary N) is 1. The van der Waals surface area contributed by atoms with Crippen LogP contribution in [0.15, 0.2) is 24.3 Å². The smallest absolute Gasteiger partial charge is 0.251 e. The molecule has 0 aliphatic heterocycles. The van der Waals surface area contributed by atoms with Crippen LogP contribution >= 0.6 is 0 Å². The standard InChI is InChI=1S/C17H25NO3/c1-21-12-13-5-4-8-14(9-13)17(20)18-10-15-6-2-3-7-16(15)11-19/h4-5,8-9,15-16,19H,2-3,6-7,10-12H2,1H3,(H,18,20). The lowest BCUT2D eigenvalue weighted by Gasteiger charge is -2.30. The zero-order valence-corrected chi connectivity index (χ0v) is 12.7. The molecule has 4 nitrogen and oxygen atoms in total. The van der Waals surface area contributed by atoms with Crippen LogP contribution in [0.3, 0.4) is 0 Å². The molecule has 116 valence electrons. The number of amides is 1. The van der Waals surface area contributed by atoms with Crippen molar-refractivity contribution in [1.29, 1.82) is 0 Å². The molecule has 1 fully saturated rings. The average Bonchev–Trinajstić information content (AvgIpc) is 2.53. The Kier molecular flexibility index (Phi) is 6.21. The molecule has 0 saturated heterocycles. The average molecular weight is 291 g/mol. The first kappa shape index (κ1) is 16.0. The first-order chi connectivity index (χ1) is 10.2. The van der Waals surface area contributed by atoms with Crippen LogP contribution in [0, 0.1) is 11.8 Å². The topological polar surface area (TPSA) is 58.6 Å². The molecule has 2 unspecified atom stereocenters. The van der Waals surface area contributed by atoms with Gasteiger partial charge in [0.15, 0.2) is 0 Å². The molecule has 2 N–H and O–H groups in total. The fourth-order valence-electron chi connectivity index (χ4n) is 3.09. The van der Waals surface area contributed by atoms with Gasteiger partial charge in [0.2, 0.25) is 0 Å². The van der Waals surface area contributed by atoms with E-state index in [1.807, 2.05) is 24.3 Å². The molecule has 1 aromatic carbocycles. The Hall–Kier alpha value is -1.39. The first-order valence-corrected chi connectivity index (χ1v) is 7.71. The Morgan fingerprint density at radius 1 is 1.33 bits per heavy atom. The zero-order chi connectivity index (χ0) is 15.1. The molecule has 1 saturated carbocycles. The molecule has 21 heavy (non-hydrogen) atoms. The van der Waals surface area contributed by atoms with E-state index < -0.39 is 0 Å². The van der Waals surface area contributed by atoms with Gasteiger partial charge in [0.05, 0.1) is 6.61 Å². The third-order valence-corrected chi connectivity index (χ3v) is 4.33. The molecule has 4 heteroatoms. The fraction of sp³-hybridized carbons (Fsp3) is 0.588. The van der Waals surface area contributed by atoms with Crippen molar-refractivity contribution in [2.75, 3.05) is 20.3 Å². The van der Waals surface area contributed by atoms with Crippen molar-refractivity contribution < 1.29 is 14.6 Å². The summed E-state index contributed by atoms with van der Waals surface area (Å²) < 4.78 is 5.09. The first-order valence-electron chi connectivity index (χ1n) is 7.71. The predicted octanol–water partition coefficient (Wildman–Crippen LogP) is 2.36. The maximum Gasteiger partial charge on any atom is 0.251 e. The number of aliphatic hydroxyl groups excluding tert-OH is 1. The van der Waals surface area contributed by atoms with E-state index in [9.17, 15) is 9.90 Å². The minimum Gasteiger partial charge on any atom is -0.396 e. The van der Waals surface area contributed by atoms with Gasteiger partial charge >= 0.3 is 0 Å². The van der Waals surface area contributed by atoms with Gasteiger partial charge in [-0.3, -0.25) is 4.79 Å². The van der Waals surface area contributed by atoms with Crippen LogP contribution in [-0.4, -0.2) is 31.3 Å². The van der Waals surface area contributed by atoms with E-state index >= 15 is 0 Å². The lowest BCUT2D eigenvalue weighted by Crippen LogP contribution is -2.35. The summed E-state index contributed by atoms with van der Waals surface area (Å²) in [6.07, 6.45) is 4.55. The summed E-state index contributed by atoms with van der Waals surface area (Å²) in [7, 11) is 1.64. The van der Waals surface area contributed by atoms with E-state index in [2.05, 4.69) is 5.32 Å². The Labute approximate surface area is 126 Å². The Bertz CT molecular complexity index is 461. The Morgan fingerprint density at radius 3 is 2.81 bits per heavy atom. The number of rotatable bonds is 6. The maximum absolute atomic E-state index is 12.2. The molecule has 0 radical (unpaired) electrons. The number of carbonyl (C=O) groups excluding carboxylic acids is 1. The molecule has 0 heterocycles. The molecule has 0 aromatic heterocycles. The third kappa shape index (κ3) is 4.55. The van der Waals surface area contributed by atoms with Crippen LogP contribution in [0.5, 0.6) is 0 Å². The minimum absolute atomic E-state index is 0.0461. The van der Waals surface area contributed by atoms with Gasteiger partial charge in [-0.05, 0) is 42.4 Å². The minimum atomic E-state index is -0.0461. The van der Waals surface area contributed by atoms with E-state index in [0.29, 0.717) is 30.6 Å². The summed E-state index contributed by atoms with van der Waals surface area (Å²) in [5.74, 6) is 0.684. The SMILES string of the molecule is COCc1cccc(C(=O)NCC2CCCCC2CO)c1. The second kappa shape index (κ2) is 8.15. The molecule has 1 amide bonds. The van der Waals surface area contributed by atoms with Crippen molar-refractivity contribution >= 4 is 5.91 Å². The number of hydrogen-bond acceptors (Lipinski definition) is 3. The number of carbonyl (C=O) groups is 1. The van der Waals surface area contributed by atoms with Crippen LogP contribution in [-0.2, 0) is 11.3 Å². The highest BCUT2D eigenvalue weighted by Crippen LogP contribution is 2.29. The van der Waals surface area contributed by atoms with Gasteiger partial charge < -0.3 is 15.2 Å². The summed E-state index contributed by atoms with van der Waals surface area (Å²) in [4.78, 5) is 12.2. The summed E-state index contributed by atoms with van der Waals surface area (Å²) in [6, 6.07) is 7.51. The monoisotopic (exact) mass is 291 g/mol. The highest BCUT2D eigenvalue weighted by Gasteiger charge is 2.24. The van der Waals surface area contributed by atoms with E-state index in [4.69, 9.17) is 4.74 Å². The lowest BCUT2D eigenvalue weighted by atomic mass is 9.79. The van der Waals surface area contributed by atoms with E-state index in [1.54, 1.807) is 7.11 Å². The van der Waals surface area contributed by atoms with Crippen LogP contribution in [0.1, 0.15) is 41.6 Å². The predicted molar refractivity (Wildman–Crippen MR) is 82.0 cm³/mol. The Balaban J connectivity index is 1.90. The van der Waals surface area contributed by atoms with Crippen LogP contribution in [0.4, 0.5) is 0 Å². The molecule has 1 aliphatic rings. The quantitative estimate of drug-likeness (QED) is 0.846. The number of ether oxygens (including phenoxy) is 1.